The van der Waals surface area contributed by atoms with E-state index in [2.05, 4.69) is 25.8 Å². The molecule has 1 aromatic heterocycles. The molecule has 86 valence electrons. The molecule has 0 aliphatic carbocycles. The number of rotatable bonds is 3. The van der Waals surface area contributed by atoms with E-state index in [1.807, 2.05) is 26.4 Å². The molecule has 5 heteroatoms. The molecule has 0 aromatic carbocycles. The van der Waals surface area contributed by atoms with E-state index < -0.39 is 5.54 Å². The second kappa shape index (κ2) is 4.24. The normalized spacial score (nSPS) is 19.8. The maximum Gasteiger partial charge on any atom is 0.122 e. The van der Waals surface area contributed by atoms with Crippen LogP contribution in [0.3, 0.4) is 0 Å². The molecule has 1 aromatic rings. The SMILES string of the molecule is CNC(C)(C#N)CN1CCn2ccnc2C1. The molecule has 2 rings (SSSR count). The molecule has 0 radical (unpaired) electrons. The Labute approximate surface area is 95.7 Å². The standard InChI is InChI=1S/C11H17N5/c1-11(8-12,13-2)9-15-5-6-16-4-3-14-10(16)7-15/h3-4,13H,5-7,9H2,1-2H3. The third-order valence-electron chi connectivity index (χ3n) is 3.16. The topological polar surface area (TPSA) is 56.9 Å². The van der Waals surface area contributed by atoms with E-state index in [1.54, 1.807) is 0 Å². The first kappa shape index (κ1) is 11.1. The number of nitriles is 1. The molecule has 0 spiro atoms. The molecule has 1 aliphatic heterocycles. The predicted molar refractivity (Wildman–Crippen MR) is 60.6 cm³/mol. The van der Waals surface area contributed by atoms with Crippen LogP contribution in [0.5, 0.6) is 0 Å². The van der Waals surface area contributed by atoms with E-state index in [9.17, 15) is 0 Å². The first-order valence-electron chi connectivity index (χ1n) is 5.49. The van der Waals surface area contributed by atoms with Crippen LogP contribution in [0.1, 0.15) is 12.7 Å². The highest BCUT2D eigenvalue weighted by Gasteiger charge is 2.27. The summed E-state index contributed by atoms with van der Waals surface area (Å²) in [5, 5.41) is 12.2. The van der Waals surface area contributed by atoms with Gasteiger partial charge in [0.15, 0.2) is 0 Å². The van der Waals surface area contributed by atoms with E-state index in [4.69, 9.17) is 5.26 Å². The summed E-state index contributed by atoms with van der Waals surface area (Å²) in [5.41, 5.74) is -0.477. The van der Waals surface area contributed by atoms with Crippen LogP contribution >= 0.6 is 0 Å². The number of aromatic nitrogens is 2. The molecular formula is C11H17N5. The van der Waals surface area contributed by atoms with Gasteiger partial charge in [0.25, 0.3) is 0 Å². The monoisotopic (exact) mass is 219 g/mol. The molecule has 5 nitrogen and oxygen atoms in total. The lowest BCUT2D eigenvalue weighted by Gasteiger charge is -2.33. The maximum absolute atomic E-state index is 9.11. The lowest BCUT2D eigenvalue weighted by Crippen LogP contribution is -2.50. The van der Waals surface area contributed by atoms with Gasteiger partial charge in [0.05, 0.1) is 12.6 Å². The van der Waals surface area contributed by atoms with Gasteiger partial charge in [-0.25, -0.2) is 4.98 Å². The van der Waals surface area contributed by atoms with Crippen molar-refractivity contribution in [3.05, 3.63) is 18.2 Å². The zero-order valence-corrected chi connectivity index (χ0v) is 9.77. The number of hydrogen-bond acceptors (Lipinski definition) is 4. The molecule has 2 heterocycles. The zero-order chi connectivity index (χ0) is 11.6. The first-order chi connectivity index (χ1) is 7.67. The molecule has 1 aliphatic rings. The van der Waals surface area contributed by atoms with Crippen LogP contribution in [0.15, 0.2) is 12.4 Å². The van der Waals surface area contributed by atoms with Crippen molar-refractivity contribution in [2.45, 2.75) is 25.6 Å². The average molecular weight is 219 g/mol. The minimum atomic E-state index is -0.477. The van der Waals surface area contributed by atoms with Crippen LogP contribution in [-0.4, -0.2) is 40.1 Å². The van der Waals surface area contributed by atoms with Gasteiger partial charge in [-0.1, -0.05) is 0 Å². The predicted octanol–water partition coefficient (Wildman–Crippen LogP) is 0.200. The summed E-state index contributed by atoms with van der Waals surface area (Å²) in [6, 6.07) is 2.31. The molecule has 16 heavy (non-hydrogen) atoms. The Hall–Kier alpha value is -1.38. The van der Waals surface area contributed by atoms with Crippen LogP contribution in [-0.2, 0) is 13.1 Å². The molecule has 1 atom stereocenters. The van der Waals surface area contributed by atoms with Crippen LogP contribution in [0.4, 0.5) is 0 Å². The fraction of sp³-hybridized carbons (Fsp3) is 0.636. The van der Waals surface area contributed by atoms with Crippen molar-refractivity contribution in [2.24, 2.45) is 0 Å². The van der Waals surface area contributed by atoms with Crippen LogP contribution < -0.4 is 5.32 Å². The smallest absolute Gasteiger partial charge is 0.122 e. The largest absolute Gasteiger partial charge is 0.333 e. The fourth-order valence-electron chi connectivity index (χ4n) is 1.98. The minimum Gasteiger partial charge on any atom is -0.333 e. The third-order valence-corrected chi connectivity index (χ3v) is 3.16. The Balaban J connectivity index is 2.02. The van der Waals surface area contributed by atoms with Gasteiger partial charge in [0, 0.05) is 32.0 Å². The van der Waals surface area contributed by atoms with Gasteiger partial charge in [0.1, 0.15) is 11.4 Å². The molecule has 1 N–H and O–H groups in total. The van der Waals surface area contributed by atoms with Gasteiger partial charge in [-0.3, -0.25) is 4.90 Å². The Kier molecular flexibility index (Phi) is 2.95. The number of nitrogens with zero attached hydrogens (tertiary/aromatic N) is 4. The summed E-state index contributed by atoms with van der Waals surface area (Å²) in [5.74, 6) is 1.09. The van der Waals surface area contributed by atoms with Crippen molar-refractivity contribution in [3.63, 3.8) is 0 Å². The Morgan fingerprint density at radius 3 is 3.12 bits per heavy atom. The lowest BCUT2D eigenvalue weighted by molar-refractivity contribution is 0.181. The Morgan fingerprint density at radius 1 is 1.62 bits per heavy atom. The highest BCUT2D eigenvalue weighted by atomic mass is 15.2. The third kappa shape index (κ3) is 2.08. The van der Waals surface area contributed by atoms with Crippen molar-refractivity contribution >= 4 is 0 Å². The summed E-state index contributed by atoms with van der Waals surface area (Å²) in [6.45, 7) is 5.41. The minimum absolute atomic E-state index is 0.477. The Morgan fingerprint density at radius 2 is 2.44 bits per heavy atom. The average Bonchev–Trinajstić information content (AvgIpc) is 2.76. The van der Waals surface area contributed by atoms with E-state index in [1.165, 1.54) is 0 Å². The van der Waals surface area contributed by atoms with Crippen molar-refractivity contribution < 1.29 is 0 Å². The van der Waals surface area contributed by atoms with Gasteiger partial charge in [-0.2, -0.15) is 5.26 Å². The van der Waals surface area contributed by atoms with Gasteiger partial charge in [-0.15, -0.1) is 0 Å². The number of likely N-dealkylation sites (N-methyl/N-ethyl adjacent to an activating group) is 1. The van der Waals surface area contributed by atoms with Crippen molar-refractivity contribution in [1.82, 2.24) is 19.8 Å². The summed E-state index contributed by atoms with van der Waals surface area (Å²) < 4.78 is 2.17. The van der Waals surface area contributed by atoms with E-state index >= 15 is 0 Å². The summed E-state index contributed by atoms with van der Waals surface area (Å²) >= 11 is 0. The zero-order valence-electron chi connectivity index (χ0n) is 9.77. The van der Waals surface area contributed by atoms with Gasteiger partial charge >= 0.3 is 0 Å². The number of hydrogen-bond donors (Lipinski definition) is 1. The second-order valence-corrected chi connectivity index (χ2v) is 4.44. The van der Waals surface area contributed by atoms with Crippen LogP contribution in [0.25, 0.3) is 0 Å². The molecular weight excluding hydrogens is 202 g/mol. The van der Waals surface area contributed by atoms with Crippen molar-refractivity contribution in [2.75, 3.05) is 20.1 Å². The first-order valence-corrected chi connectivity index (χ1v) is 5.49. The number of nitrogens with one attached hydrogen (secondary N) is 1. The highest BCUT2D eigenvalue weighted by Crippen LogP contribution is 2.13. The summed E-state index contributed by atoms with van der Waals surface area (Å²) in [7, 11) is 1.83. The highest BCUT2D eigenvalue weighted by molar-refractivity contribution is 5.06. The molecule has 1 unspecified atom stereocenters. The molecule has 0 saturated heterocycles. The van der Waals surface area contributed by atoms with Crippen molar-refractivity contribution in [1.29, 1.82) is 5.26 Å². The van der Waals surface area contributed by atoms with Crippen molar-refractivity contribution in [3.8, 4) is 6.07 Å². The molecule has 0 amide bonds. The van der Waals surface area contributed by atoms with Gasteiger partial charge < -0.3 is 9.88 Å². The second-order valence-electron chi connectivity index (χ2n) is 4.44. The van der Waals surface area contributed by atoms with Gasteiger partial charge in [-0.05, 0) is 14.0 Å². The van der Waals surface area contributed by atoms with E-state index in [-0.39, 0.29) is 0 Å². The summed E-state index contributed by atoms with van der Waals surface area (Å²) in [4.78, 5) is 6.57. The lowest BCUT2D eigenvalue weighted by atomic mass is 10.0. The number of fused-ring (bicyclic) bond motifs is 1. The molecule has 0 saturated carbocycles. The van der Waals surface area contributed by atoms with E-state index in [0.717, 1.165) is 32.0 Å². The fourth-order valence-corrected chi connectivity index (χ4v) is 1.98. The maximum atomic E-state index is 9.11. The molecule has 0 fully saturated rings. The van der Waals surface area contributed by atoms with Gasteiger partial charge in [0.2, 0.25) is 0 Å². The number of imidazole rings is 1. The van der Waals surface area contributed by atoms with Crippen LogP contribution in [0, 0.1) is 11.3 Å². The Bertz CT molecular complexity index is 405. The molecule has 0 bridgehead atoms. The van der Waals surface area contributed by atoms with Crippen LogP contribution in [0.2, 0.25) is 0 Å². The summed E-state index contributed by atoms with van der Waals surface area (Å²) in [6.07, 6.45) is 3.84. The van der Waals surface area contributed by atoms with E-state index in [0.29, 0.717) is 0 Å². The quantitative estimate of drug-likeness (QED) is 0.789.